The van der Waals surface area contributed by atoms with Crippen LogP contribution in [0.15, 0.2) is 21.1 Å². The number of Topliss-reactive ketones (excluding diaryl/α,β-unsaturated/α-hetero) is 1. The van der Waals surface area contributed by atoms with Crippen LogP contribution >= 0.6 is 0 Å². The highest BCUT2D eigenvalue weighted by Crippen LogP contribution is 2.38. The molecule has 6 heteroatoms. The zero-order valence-electron chi connectivity index (χ0n) is 10.0. The molecular weight excluding hydrogens is 234 g/mol. The first-order chi connectivity index (χ1) is 8.37. The fourth-order valence-corrected chi connectivity index (χ4v) is 2.54. The standard InChI is InChI=1S/C12H11N3O3/c1-12(2)3-5-7(6(16)4-12)8-9(13-5)14-11(18)15-10(8)17/h3-4H2,1-2H3,(H,15,17,18). The van der Waals surface area contributed by atoms with Crippen molar-refractivity contribution < 1.29 is 14.4 Å². The van der Waals surface area contributed by atoms with Gasteiger partial charge in [0.2, 0.25) is 0 Å². The third-order valence-electron chi connectivity index (χ3n) is 3.22. The molecule has 0 unspecified atom stereocenters. The van der Waals surface area contributed by atoms with E-state index in [-0.39, 0.29) is 22.6 Å². The lowest BCUT2D eigenvalue weighted by molar-refractivity contribution is -0.119. The number of urea groups is 1. The van der Waals surface area contributed by atoms with Gasteiger partial charge in [-0.05, 0) is 11.8 Å². The first kappa shape index (κ1) is 11.0. The lowest BCUT2D eigenvalue weighted by Crippen LogP contribution is -2.38. The molecule has 92 valence electrons. The number of fused-ring (bicyclic) bond motifs is 2. The summed E-state index contributed by atoms with van der Waals surface area (Å²) in [7, 11) is 0. The molecule has 0 saturated heterocycles. The Bertz CT molecular complexity index is 608. The predicted octanol–water partition coefficient (Wildman–Crippen LogP) is 0.775. The molecule has 3 amide bonds. The van der Waals surface area contributed by atoms with E-state index >= 15 is 0 Å². The molecule has 0 aromatic heterocycles. The van der Waals surface area contributed by atoms with Crippen LogP contribution in [-0.4, -0.2) is 29.3 Å². The molecule has 0 radical (unpaired) electrons. The molecule has 2 heterocycles. The fraction of sp³-hybridized carbons (Fsp3) is 0.417. The Morgan fingerprint density at radius 1 is 1.06 bits per heavy atom. The molecule has 2 aliphatic heterocycles. The number of rotatable bonds is 0. The summed E-state index contributed by atoms with van der Waals surface area (Å²) in [5, 5.41) is 2.08. The van der Waals surface area contributed by atoms with E-state index in [4.69, 9.17) is 0 Å². The van der Waals surface area contributed by atoms with Gasteiger partial charge >= 0.3 is 6.03 Å². The monoisotopic (exact) mass is 245 g/mol. The highest BCUT2D eigenvalue weighted by Gasteiger charge is 2.43. The minimum absolute atomic E-state index is 0.0831. The molecule has 1 fully saturated rings. The van der Waals surface area contributed by atoms with Gasteiger partial charge in [0, 0.05) is 6.42 Å². The highest BCUT2D eigenvalue weighted by atomic mass is 16.2. The first-order valence-electron chi connectivity index (χ1n) is 5.67. The molecule has 1 aliphatic carbocycles. The fourth-order valence-electron chi connectivity index (χ4n) is 2.54. The molecule has 0 atom stereocenters. The van der Waals surface area contributed by atoms with Gasteiger partial charge < -0.3 is 0 Å². The summed E-state index contributed by atoms with van der Waals surface area (Å²) < 4.78 is 0. The minimum atomic E-state index is -0.728. The lowest BCUT2D eigenvalue weighted by Gasteiger charge is -2.29. The second kappa shape index (κ2) is 3.22. The van der Waals surface area contributed by atoms with E-state index in [9.17, 15) is 14.4 Å². The molecule has 18 heavy (non-hydrogen) atoms. The Labute approximate surface area is 103 Å². The van der Waals surface area contributed by atoms with Crippen molar-refractivity contribution in [1.29, 1.82) is 0 Å². The summed E-state index contributed by atoms with van der Waals surface area (Å²) in [5.74, 6) is -0.596. The van der Waals surface area contributed by atoms with Gasteiger partial charge in [-0.15, -0.1) is 0 Å². The number of carbonyl (C=O) groups excluding carboxylic acids is 3. The van der Waals surface area contributed by atoms with Crippen LogP contribution in [0.3, 0.4) is 0 Å². The zero-order valence-corrected chi connectivity index (χ0v) is 10.0. The molecule has 1 saturated carbocycles. The Kier molecular flexibility index (Phi) is 1.97. The Balaban J connectivity index is 2.18. The topological polar surface area (TPSA) is 88.0 Å². The van der Waals surface area contributed by atoms with E-state index < -0.39 is 11.9 Å². The van der Waals surface area contributed by atoms with E-state index in [0.717, 1.165) is 0 Å². The molecular formula is C12H11N3O3. The van der Waals surface area contributed by atoms with E-state index in [1.807, 2.05) is 13.8 Å². The largest absolute Gasteiger partial charge is 0.349 e. The normalized spacial score (nSPS) is 25.3. The first-order valence-corrected chi connectivity index (χ1v) is 5.67. The van der Waals surface area contributed by atoms with Crippen LogP contribution in [0.25, 0.3) is 0 Å². The molecule has 0 bridgehead atoms. The molecule has 1 N–H and O–H groups in total. The van der Waals surface area contributed by atoms with Crippen LogP contribution in [-0.2, 0) is 9.59 Å². The van der Waals surface area contributed by atoms with Crippen molar-refractivity contribution in [2.24, 2.45) is 15.4 Å². The maximum absolute atomic E-state index is 12.1. The average molecular weight is 245 g/mol. The number of ketones is 1. The number of hydrogen-bond donors (Lipinski definition) is 1. The number of hydrogen-bond acceptors (Lipinski definition) is 4. The van der Waals surface area contributed by atoms with Gasteiger partial charge in [0.05, 0.1) is 16.9 Å². The van der Waals surface area contributed by atoms with E-state index in [1.54, 1.807) is 0 Å². The summed E-state index contributed by atoms with van der Waals surface area (Å²) in [4.78, 5) is 42.8. The van der Waals surface area contributed by atoms with Gasteiger partial charge in [0.15, 0.2) is 11.6 Å². The number of amides is 3. The van der Waals surface area contributed by atoms with Crippen LogP contribution in [0.1, 0.15) is 26.7 Å². The number of nitrogens with one attached hydrogen (secondary N) is 1. The number of nitrogens with zero attached hydrogens (tertiary/aromatic N) is 2. The summed E-state index contributed by atoms with van der Waals surface area (Å²) in [6.45, 7) is 3.95. The van der Waals surface area contributed by atoms with Crippen molar-refractivity contribution in [2.75, 3.05) is 0 Å². The van der Waals surface area contributed by atoms with Crippen LogP contribution in [0.5, 0.6) is 0 Å². The molecule has 0 aromatic rings. The Morgan fingerprint density at radius 3 is 2.50 bits per heavy atom. The van der Waals surface area contributed by atoms with Gasteiger partial charge in [0.1, 0.15) is 0 Å². The second-order valence-corrected chi connectivity index (χ2v) is 5.44. The van der Waals surface area contributed by atoms with Crippen molar-refractivity contribution in [3.05, 3.63) is 11.1 Å². The van der Waals surface area contributed by atoms with Crippen molar-refractivity contribution in [3.63, 3.8) is 0 Å². The van der Waals surface area contributed by atoms with Crippen LogP contribution < -0.4 is 5.32 Å². The molecule has 0 spiro atoms. The number of imide groups is 1. The van der Waals surface area contributed by atoms with Crippen molar-refractivity contribution >= 4 is 29.3 Å². The SMILES string of the molecule is CC1(C)CC(=O)C2=C3C(=O)NC(=O)N=C3N=C2C1. The van der Waals surface area contributed by atoms with Crippen molar-refractivity contribution in [3.8, 4) is 0 Å². The quantitative estimate of drug-likeness (QED) is 0.683. The third-order valence-corrected chi connectivity index (χ3v) is 3.22. The van der Waals surface area contributed by atoms with Crippen LogP contribution in [0.4, 0.5) is 4.79 Å². The van der Waals surface area contributed by atoms with Crippen molar-refractivity contribution in [2.45, 2.75) is 26.7 Å². The summed E-state index contributed by atoms with van der Waals surface area (Å²) >= 11 is 0. The predicted molar refractivity (Wildman–Crippen MR) is 63.5 cm³/mol. The van der Waals surface area contributed by atoms with E-state index in [1.165, 1.54) is 0 Å². The molecule has 6 nitrogen and oxygen atoms in total. The van der Waals surface area contributed by atoms with Gasteiger partial charge in [0.25, 0.3) is 5.91 Å². The molecule has 0 aromatic carbocycles. The van der Waals surface area contributed by atoms with Gasteiger partial charge in [-0.25, -0.2) is 9.79 Å². The summed E-state index contributed by atoms with van der Waals surface area (Å²) in [6.07, 6.45) is 0.984. The zero-order chi connectivity index (χ0) is 13.1. The number of amidine groups is 1. The van der Waals surface area contributed by atoms with E-state index in [2.05, 4.69) is 15.3 Å². The Morgan fingerprint density at radius 2 is 1.78 bits per heavy atom. The second-order valence-electron chi connectivity index (χ2n) is 5.44. The summed E-state index contributed by atoms with van der Waals surface area (Å²) in [6, 6.07) is -0.728. The smallest absolute Gasteiger partial charge is 0.294 e. The van der Waals surface area contributed by atoms with Crippen LogP contribution in [0.2, 0.25) is 0 Å². The number of carbonyl (C=O) groups is 3. The summed E-state index contributed by atoms with van der Waals surface area (Å²) in [5.41, 5.74) is 0.909. The third kappa shape index (κ3) is 1.45. The molecule has 3 aliphatic rings. The van der Waals surface area contributed by atoms with Crippen LogP contribution in [0, 0.1) is 5.41 Å². The number of allylic oxidation sites excluding steroid dienone is 1. The maximum Gasteiger partial charge on any atom is 0.349 e. The maximum atomic E-state index is 12.1. The van der Waals surface area contributed by atoms with Gasteiger partial charge in [-0.3, -0.25) is 14.9 Å². The van der Waals surface area contributed by atoms with Gasteiger partial charge in [-0.2, -0.15) is 4.99 Å². The lowest BCUT2D eigenvalue weighted by atomic mass is 9.73. The molecule has 3 rings (SSSR count). The van der Waals surface area contributed by atoms with Crippen molar-refractivity contribution in [1.82, 2.24) is 5.32 Å². The minimum Gasteiger partial charge on any atom is -0.294 e. The highest BCUT2D eigenvalue weighted by molar-refractivity contribution is 6.44. The van der Waals surface area contributed by atoms with E-state index in [0.29, 0.717) is 24.1 Å². The Hall–Kier alpha value is -2.11. The number of aliphatic imine (C=N–C) groups is 2. The average Bonchev–Trinajstić information content (AvgIpc) is 2.53. The van der Waals surface area contributed by atoms with Gasteiger partial charge in [-0.1, -0.05) is 13.8 Å².